The fraction of sp³-hybridized carbons (Fsp3) is 0.0200. The van der Waals surface area contributed by atoms with Crippen molar-refractivity contribution in [2.75, 3.05) is 5.32 Å². The Balaban J connectivity index is 1.07. The topological polar surface area (TPSA) is 61.1 Å². The summed E-state index contributed by atoms with van der Waals surface area (Å²) >= 11 is 0. The zero-order chi connectivity index (χ0) is 36.5. The fourth-order valence-electron chi connectivity index (χ4n) is 9.16. The molecule has 1 aliphatic heterocycles. The number of anilines is 1. The molecule has 0 fully saturated rings. The number of nitrogens with one attached hydrogen (secondary N) is 1. The van der Waals surface area contributed by atoms with Gasteiger partial charge in [-0.05, 0) is 107 Å². The van der Waals surface area contributed by atoms with Gasteiger partial charge < -0.3 is 18.7 Å². The number of imidazole rings is 1. The van der Waals surface area contributed by atoms with Crippen LogP contribution in [0.1, 0.15) is 6.29 Å². The highest BCUT2D eigenvalue weighted by molar-refractivity contribution is 6.12. The maximum atomic E-state index is 6.20. The van der Waals surface area contributed by atoms with Gasteiger partial charge in [-0.15, -0.1) is 0 Å². The standard InChI is InChI=1S/C50H30N4O2/c1-4-12-40-35(11-1)49-51-41-13-5-6-14-44(41)54(49)50(52-40)53-42-21-17-29(31-19-23-47-38(27-31)33-9-2-7-15-45(33)55-47)25-36(42)37-26-30(18-22-43(37)53)32-20-24-48-39(28-32)34-10-3-8-16-46(34)56-48/h1-28,50,52H. The molecule has 0 spiro atoms. The Morgan fingerprint density at radius 3 is 1.55 bits per heavy atom. The summed E-state index contributed by atoms with van der Waals surface area (Å²) in [6.45, 7) is 0. The maximum Gasteiger partial charge on any atom is 0.188 e. The van der Waals surface area contributed by atoms with E-state index in [4.69, 9.17) is 13.8 Å². The fourth-order valence-corrected chi connectivity index (χ4v) is 9.16. The van der Waals surface area contributed by atoms with Crippen molar-refractivity contribution in [3.63, 3.8) is 0 Å². The van der Waals surface area contributed by atoms with Crippen LogP contribution in [-0.2, 0) is 0 Å². The number of furan rings is 2. The second kappa shape index (κ2) is 11.0. The van der Waals surface area contributed by atoms with Crippen LogP contribution in [0, 0.1) is 0 Å². The van der Waals surface area contributed by atoms with Gasteiger partial charge in [0.15, 0.2) is 6.29 Å². The van der Waals surface area contributed by atoms with Crippen molar-refractivity contribution >= 4 is 82.4 Å². The molecule has 0 aliphatic carbocycles. The Kier molecular flexibility index (Phi) is 5.86. The molecule has 0 bridgehead atoms. The predicted molar refractivity (Wildman–Crippen MR) is 228 cm³/mol. The molecule has 6 heteroatoms. The van der Waals surface area contributed by atoms with Gasteiger partial charge in [-0.3, -0.25) is 4.57 Å². The number of rotatable bonds is 3. The number of fused-ring (bicyclic) bond motifs is 14. The van der Waals surface area contributed by atoms with E-state index in [1.807, 2.05) is 24.3 Å². The molecule has 12 aromatic rings. The van der Waals surface area contributed by atoms with Crippen molar-refractivity contribution < 1.29 is 8.83 Å². The molecule has 6 nitrogen and oxygen atoms in total. The van der Waals surface area contributed by atoms with E-state index in [0.29, 0.717) is 0 Å². The van der Waals surface area contributed by atoms with Crippen molar-refractivity contribution in [1.82, 2.24) is 14.1 Å². The molecule has 262 valence electrons. The molecule has 0 radical (unpaired) electrons. The Hall–Kier alpha value is -7.57. The van der Waals surface area contributed by atoms with Crippen LogP contribution in [0.15, 0.2) is 179 Å². The molecule has 56 heavy (non-hydrogen) atoms. The van der Waals surface area contributed by atoms with Crippen LogP contribution in [-0.4, -0.2) is 14.1 Å². The Bertz CT molecular complexity index is 3430. The first kappa shape index (κ1) is 29.8. The molecule has 13 rings (SSSR count). The van der Waals surface area contributed by atoms with Crippen molar-refractivity contribution in [2.24, 2.45) is 0 Å². The Morgan fingerprint density at radius 1 is 0.411 bits per heavy atom. The van der Waals surface area contributed by atoms with Crippen LogP contribution in [0.3, 0.4) is 0 Å². The first-order chi connectivity index (χ1) is 27.7. The van der Waals surface area contributed by atoms with Crippen molar-refractivity contribution in [1.29, 1.82) is 0 Å². The van der Waals surface area contributed by atoms with E-state index in [1.165, 1.54) is 10.8 Å². The largest absolute Gasteiger partial charge is 0.456 e. The molecular formula is C50H30N4O2. The molecule has 0 amide bonds. The van der Waals surface area contributed by atoms with Gasteiger partial charge in [-0.1, -0.05) is 84.9 Å². The van der Waals surface area contributed by atoms with E-state index in [-0.39, 0.29) is 6.29 Å². The molecule has 1 unspecified atom stereocenters. The molecule has 4 aromatic heterocycles. The van der Waals surface area contributed by atoms with Crippen molar-refractivity contribution in [3.05, 3.63) is 170 Å². The summed E-state index contributed by atoms with van der Waals surface area (Å²) in [4.78, 5) is 5.20. The van der Waals surface area contributed by atoms with Gasteiger partial charge >= 0.3 is 0 Å². The number of para-hydroxylation sites is 5. The van der Waals surface area contributed by atoms with Crippen molar-refractivity contribution in [3.8, 4) is 33.6 Å². The van der Waals surface area contributed by atoms with Crippen molar-refractivity contribution in [2.45, 2.75) is 6.29 Å². The van der Waals surface area contributed by atoms with Crippen LogP contribution in [0.5, 0.6) is 0 Å². The third-order valence-corrected chi connectivity index (χ3v) is 11.8. The Morgan fingerprint density at radius 2 is 0.911 bits per heavy atom. The highest BCUT2D eigenvalue weighted by Gasteiger charge is 2.30. The number of nitrogens with zero attached hydrogens (tertiary/aromatic N) is 3. The lowest BCUT2D eigenvalue weighted by molar-refractivity contribution is 0.520. The van der Waals surface area contributed by atoms with E-state index in [1.54, 1.807) is 0 Å². The van der Waals surface area contributed by atoms with Gasteiger partial charge in [-0.2, -0.15) is 0 Å². The molecule has 5 heterocycles. The van der Waals surface area contributed by atoms with Gasteiger partial charge in [0.2, 0.25) is 0 Å². The average Bonchev–Trinajstić information content (AvgIpc) is 4.01. The van der Waals surface area contributed by atoms with Gasteiger partial charge in [0.05, 0.1) is 22.1 Å². The maximum absolute atomic E-state index is 6.20. The van der Waals surface area contributed by atoms with Crippen LogP contribution in [0.25, 0.3) is 110 Å². The SMILES string of the molecule is c1ccc2c(c1)NC(n1c3ccc(-c4ccc5oc6ccccc6c5c4)cc3c3cc(-c4ccc5oc6ccccc6c5c4)ccc31)n1c-2nc2ccccc21. The van der Waals surface area contributed by atoms with Crippen LogP contribution in [0.2, 0.25) is 0 Å². The van der Waals surface area contributed by atoms with Gasteiger partial charge in [0.1, 0.15) is 28.2 Å². The summed E-state index contributed by atoms with van der Waals surface area (Å²) in [6.07, 6.45) is -0.272. The molecule has 1 N–H and O–H groups in total. The summed E-state index contributed by atoms with van der Waals surface area (Å²) in [5.41, 5.74) is 14.7. The lowest BCUT2D eigenvalue weighted by Crippen LogP contribution is -2.29. The first-order valence-corrected chi connectivity index (χ1v) is 19.0. The second-order valence-electron chi connectivity index (χ2n) is 14.8. The normalized spacial score (nSPS) is 14.0. The minimum Gasteiger partial charge on any atom is -0.456 e. The number of hydrogen-bond donors (Lipinski definition) is 1. The van der Waals surface area contributed by atoms with E-state index >= 15 is 0 Å². The molecule has 1 aliphatic rings. The quantitative estimate of drug-likeness (QED) is 0.198. The molecule has 8 aromatic carbocycles. The van der Waals surface area contributed by atoms with Gasteiger partial charge in [0, 0.05) is 43.6 Å². The van der Waals surface area contributed by atoms with Gasteiger partial charge in [0.25, 0.3) is 0 Å². The summed E-state index contributed by atoms with van der Waals surface area (Å²) < 4.78 is 17.2. The third-order valence-electron chi connectivity index (χ3n) is 11.8. The smallest absolute Gasteiger partial charge is 0.188 e. The predicted octanol–water partition coefficient (Wildman–Crippen LogP) is 13.4. The zero-order valence-electron chi connectivity index (χ0n) is 29.9. The summed E-state index contributed by atoms with van der Waals surface area (Å²) in [6, 6.07) is 60.3. The highest BCUT2D eigenvalue weighted by atomic mass is 16.3. The molecule has 0 saturated heterocycles. The molecule has 1 atom stereocenters. The van der Waals surface area contributed by atoms with E-state index in [0.717, 1.165) is 105 Å². The zero-order valence-corrected chi connectivity index (χ0v) is 29.9. The summed E-state index contributed by atoms with van der Waals surface area (Å²) in [5, 5.41) is 10.8. The minimum absolute atomic E-state index is 0.272. The van der Waals surface area contributed by atoms with E-state index in [2.05, 4.69) is 160 Å². The molecular weight excluding hydrogens is 689 g/mol. The van der Waals surface area contributed by atoms with Crippen LogP contribution in [0.4, 0.5) is 5.69 Å². The summed E-state index contributed by atoms with van der Waals surface area (Å²) in [5.74, 6) is 0.954. The molecule has 0 saturated carbocycles. The second-order valence-corrected chi connectivity index (χ2v) is 14.8. The van der Waals surface area contributed by atoms with Crippen LogP contribution < -0.4 is 5.32 Å². The van der Waals surface area contributed by atoms with Crippen LogP contribution >= 0.6 is 0 Å². The lowest BCUT2D eigenvalue weighted by atomic mass is 9.98. The monoisotopic (exact) mass is 718 g/mol. The number of hydrogen-bond acceptors (Lipinski definition) is 4. The van der Waals surface area contributed by atoms with E-state index < -0.39 is 0 Å². The van der Waals surface area contributed by atoms with Gasteiger partial charge in [-0.25, -0.2) is 4.98 Å². The van der Waals surface area contributed by atoms with E-state index in [9.17, 15) is 0 Å². The summed E-state index contributed by atoms with van der Waals surface area (Å²) in [7, 11) is 0. The first-order valence-electron chi connectivity index (χ1n) is 19.0. The number of benzene rings is 8. The Labute approximate surface area is 319 Å². The lowest BCUT2D eigenvalue weighted by Gasteiger charge is -2.32. The average molecular weight is 719 g/mol. The minimum atomic E-state index is -0.272. The highest BCUT2D eigenvalue weighted by Crippen LogP contribution is 2.44. The third kappa shape index (κ3) is 4.12. The number of aromatic nitrogens is 3.